The van der Waals surface area contributed by atoms with Crippen molar-refractivity contribution in [2.75, 3.05) is 45.8 Å². The summed E-state index contributed by atoms with van der Waals surface area (Å²) in [4.78, 5) is 2.38. The van der Waals surface area contributed by atoms with Crippen LogP contribution in [-0.2, 0) is 0 Å². The molecule has 1 rings (SSSR count). The maximum atomic E-state index is 5.15. The SMILES string of the molecule is CCN(CC)CC.NNN1CCNCC1. The third kappa shape index (κ3) is 7.70. The lowest BCUT2D eigenvalue weighted by molar-refractivity contribution is 0.166. The summed E-state index contributed by atoms with van der Waals surface area (Å²) >= 11 is 0. The fourth-order valence-corrected chi connectivity index (χ4v) is 1.46. The minimum absolute atomic E-state index is 0.997. The predicted molar refractivity (Wildman–Crippen MR) is 65.2 cm³/mol. The number of hydrogen-bond donors (Lipinski definition) is 3. The first-order chi connectivity index (χ1) is 7.28. The van der Waals surface area contributed by atoms with E-state index in [1.54, 1.807) is 0 Å². The molecule has 0 amide bonds. The zero-order valence-electron chi connectivity index (χ0n) is 10.4. The highest BCUT2D eigenvalue weighted by atomic mass is 15.6. The molecule has 0 aromatic heterocycles. The van der Waals surface area contributed by atoms with Crippen LogP contribution in [0, 0.1) is 0 Å². The molecule has 1 fully saturated rings. The van der Waals surface area contributed by atoms with Crippen LogP contribution in [0.5, 0.6) is 0 Å². The second kappa shape index (κ2) is 10.3. The van der Waals surface area contributed by atoms with E-state index in [1.807, 2.05) is 5.01 Å². The molecule has 0 radical (unpaired) electrons. The molecule has 5 heteroatoms. The third-order valence-corrected chi connectivity index (χ3v) is 2.64. The van der Waals surface area contributed by atoms with Crippen molar-refractivity contribution in [3.8, 4) is 0 Å². The van der Waals surface area contributed by atoms with E-state index < -0.39 is 0 Å². The molecule has 92 valence electrons. The number of hydrazine groups is 2. The van der Waals surface area contributed by atoms with E-state index in [0.717, 1.165) is 26.2 Å². The van der Waals surface area contributed by atoms with Gasteiger partial charge >= 0.3 is 0 Å². The fraction of sp³-hybridized carbons (Fsp3) is 1.00. The Hall–Kier alpha value is -0.200. The van der Waals surface area contributed by atoms with E-state index in [-0.39, 0.29) is 0 Å². The van der Waals surface area contributed by atoms with Crippen molar-refractivity contribution in [3.63, 3.8) is 0 Å². The summed E-state index contributed by atoms with van der Waals surface area (Å²) < 4.78 is 0. The molecule has 15 heavy (non-hydrogen) atoms. The topological polar surface area (TPSA) is 56.6 Å². The Morgan fingerprint density at radius 3 is 1.80 bits per heavy atom. The Labute approximate surface area is 93.9 Å². The molecule has 0 unspecified atom stereocenters. The van der Waals surface area contributed by atoms with Crippen LogP contribution < -0.4 is 16.7 Å². The van der Waals surface area contributed by atoms with Gasteiger partial charge in [0.15, 0.2) is 0 Å². The van der Waals surface area contributed by atoms with Crippen molar-refractivity contribution < 1.29 is 0 Å². The Morgan fingerprint density at radius 1 is 1.13 bits per heavy atom. The van der Waals surface area contributed by atoms with Crippen molar-refractivity contribution in [3.05, 3.63) is 0 Å². The second-order valence-corrected chi connectivity index (χ2v) is 3.49. The molecular formula is C10H27N5. The van der Waals surface area contributed by atoms with Crippen LogP contribution in [0.3, 0.4) is 0 Å². The van der Waals surface area contributed by atoms with Gasteiger partial charge in [0.25, 0.3) is 0 Å². The Bertz CT molecular complexity index is 115. The number of nitrogens with zero attached hydrogens (tertiary/aromatic N) is 2. The lowest BCUT2D eigenvalue weighted by Crippen LogP contribution is -2.52. The van der Waals surface area contributed by atoms with Crippen LogP contribution in [0.4, 0.5) is 0 Å². The Morgan fingerprint density at radius 2 is 1.60 bits per heavy atom. The molecule has 0 bridgehead atoms. The van der Waals surface area contributed by atoms with E-state index in [2.05, 4.69) is 36.5 Å². The highest BCUT2D eigenvalue weighted by molar-refractivity contribution is 4.61. The Kier molecular flexibility index (Phi) is 10.2. The van der Waals surface area contributed by atoms with Gasteiger partial charge in [-0.1, -0.05) is 20.8 Å². The van der Waals surface area contributed by atoms with Gasteiger partial charge < -0.3 is 10.2 Å². The summed E-state index contributed by atoms with van der Waals surface area (Å²) in [7, 11) is 0. The van der Waals surface area contributed by atoms with Crippen LogP contribution in [0.1, 0.15) is 20.8 Å². The van der Waals surface area contributed by atoms with E-state index in [4.69, 9.17) is 5.84 Å². The van der Waals surface area contributed by atoms with Gasteiger partial charge in [-0.25, -0.2) is 5.01 Å². The van der Waals surface area contributed by atoms with Crippen LogP contribution in [-0.4, -0.2) is 55.7 Å². The molecule has 4 N–H and O–H groups in total. The van der Waals surface area contributed by atoms with Gasteiger partial charge in [0.1, 0.15) is 0 Å². The standard InChI is InChI=1S/C6H15N.C4H12N4/c1-4-7(5-2)6-3;5-7-8-3-1-6-2-4-8/h4-6H2,1-3H3;6-7H,1-5H2. The van der Waals surface area contributed by atoms with Crippen LogP contribution >= 0.6 is 0 Å². The van der Waals surface area contributed by atoms with Gasteiger partial charge in [-0.15, -0.1) is 0 Å². The fourth-order valence-electron chi connectivity index (χ4n) is 1.46. The second-order valence-electron chi connectivity index (χ2n) is 3.49. The molecule has 0 atom stereocenters. The highest BCUT2D eigenvalue weighted by Crippen LogP contribution is 1.82. The molecule has 1 saturated heterocycles. The van der Waals surface area contributed by atoms with E-state index in [0.29, 0.717) is 0 Å². The normalized spacial score (nSPS) is 17.4. The number of hydrogen-bond acceptors (Lipinski definition) is 5. The predicted octanol–water partition coefficient (Wildman–Crippen LogP) is -0.382. The maximum Gasteiger partial charge on any atom is 0.0270 e. The minimum Gasteiger partial charge on any atom is -0.314 e. The summed E-state index contributed by atoms with van der Waals surface area (Å²) in [6, 6.07) is 0. The lowest BCUT2D eigenvalue weighted by Gasteiger charge is -2.25. The van der Waals surface area contributed by atoms with Gasteiger partial charge in [0.05, 0.1) is 0 Å². The number of nitrogens with one attached hydrogen (secondary N) is 2. The highest BCUT2D eigenvalue weighted by Gasteiger charge is 2.04. The molecule has 0 aliphatic carbocycles. The molecule has 0 aromatic carbocycles. The first-order valence-electron chi connectivity index (χ1n) is 5.92. The van der Waals surface area contributed by atoms with Gasteiger partial charge in [-0.05, 0) is 19.6 Å². The third-order valence-electron chi connectivity index (χ3n) is 2.64. The largest absolute Gasteiger partial charge is 0.314 e. The molecule has 1 heterocycles. The molecular weight excluding hydrogens is 190 g/mol. The smallest absolute Gasteiger partial charge is 0.0270 e. The minimum atomic E-state index is 0.997. The van der Waals surface area contributed by atoms with Crippen LogP contribution in [0.2, 0.25) is 0 Å². The summed E-state index contributed by atoms with van der Waals surface area (Å²) in [6.45, 7) is 14.2. The van der Waals surface area contributed by atoms with Crippen molar-refractivity contribution >= 4 is 0 Å². The van der Waals surface area contributed by atoms with Gasteiger partial charge in [-0.3, -0.25) is 5.84 Å². The molecule has 1 aliphatic heterocycles. The monoisotopic (exact) mass is 217 g/mol. The molecule has 0 aromatic rings. The van der Waals surface area contributed by atoms with Crippen molar-refractivity contribution in [1.29, 1.82) is 0 Å². The summed E-state index contributed by atoms with van der Waals surface area (Å²) in [5.41, 5.74) is 2.60. The van der Waals surface area contributed by atoms with E-state index in [9.17, 15) is 0 Å². The van der Waals surface area contributed by atoms with Gasteiger partial charge in [0, 0.05) is 26.2 Å². The zero-order valence-corrected chi connectivity index (χ0v) is 10.4. The van der Waals surface area contributed by atoms with Crippen LogP contribution in [0.15, 0.2) is 0 Å². The van der Waals surface area contributed by atoms with E-state index >= 15 is 0 Å². The average molecular weight is 217 g/mol. The van der Waals surface area contributed by atoms with Crippen molar-refractivity contribution in [1.82, 2.24) is 20.8 Å². The maximum absolute atomic E-state index is 5.15. The van der Waals surface area contributed by atoms with Gasteiger partial charge in [0.2, 0.25) is 0 Å². The Balaban J connectivity index is 0.000000265. The summed E-state index contributed by atoms with van der Waals surface area (Å²) in [6.07, 6.45) is 0. The van der Waals surface area contributed by atoms with Gasteiger partial charge in [-0.2, -0.15) is 5.53 Å². The van der Waals surface area contributed by atoms with E-state index in [1.165, 1.54) is 19.6 Å². The van der Waals surface area contributed by atoms with Crippen molar-refractivity contribution in [2.24, 2.45) is 5.84 Å². The zero-order chi connectivity index (χ0) is 11.5. The molecule has 0 spiro atoms. The van der Waals surface area contributed by atoms with Crippen LogP contribution in [0.25, 0.3) is 0 Å². The van der Waals surface area contributed by atoms with Crippen molar-refractivity contribution in [2.45, 2.75) is 20.8 Å². The first-order valence-corrected chi connectivity index (χ1v) is 5.92. The molecule has 5 nitrogen and oxygen atoms in total. The first kappa shape index (κ1) is 14.8. The average Bonchev–Trinajstić information content (AvgIpc) is 2.33. The number of nitrogens with two attached hydrogens (primary N) is 1. The molecule has 0 saturated carbocycles. The quantitative estimate of drug-likeness (QED) is 0.443. The summed E-state index contributed by atoms with van der Waals surface area (Å²) in [5.74, 6) is 5.15. The molecule has 1 aliphatic rings. The lowest BCUT2D eigenvalue weighted by atomic mass is 10.4. The number of rotatable bonds is 4. The summed E-state index contributed by atoms with van der Waals surface area (Å²) in [5, 5.41) is 5.19. The number of piperazine rings is 1.